The Morgan fingerprint density at radius 3 is 1.50 bits per heavy atom. The molecule has 0 heterocycles. The van der Waals surface area contributed by atoms with Crippen LogP contribution in [0.2, 0.25) is 0 Å². The molecule has 322 valence electrons. The van der Waals surface area contributed by atoms with Crippen molar-refractivity contribution in [1.82, 2.24) is 0 Å². The number of hydrogen-bond acceptors (Lipinski definition) is 7. The third kappa shape index (κ3) is 42.8. The number of allylic oxidation sites excluding steroid dienone is 14. The number of esters is 1. The first-order valence-corrected chi connectivity index (χ1v) is 23.6. The van der Waals surface area contributed by atoms with E-state index in [9.17, 15) is 14.3 Å². The molecular weight excluding hydrogens is 721 g/mol. The van der Waals surface area contributed by atoms with Crippen LogP contribution in [0.4, 0.5) is 0 Å². The first-order valence-electron chi connectivity index (χ1n) is 22.1. The molecule has 2 atom stereocenters. The van der Waals surface area contributed by atoms with Gasteiger partial charge in [-0.25, -0.2) is 4.57 Å². The summed E-state index contributed by atoms with van der Waals surface area (Å²) in [5.74, 6) is -0.353. The highest BCUT2D eigenvalue weighted by Crippen LogP contribution is 2.43. The lowest BCUT2D eigenvalue weighted by molar-refractivity contribution is -0.154. The SMILES string of the molecule is CC/C=C\C/C=C\C/C=C\C/C=C\C/C=C\CCCCOCC(COP(=O)(O)OCCN)OC(=O)CCCCCCCCCCC/C=C\C/C=C\CCCCC. The van der Waals surface area contributed by atoms with E-state index >= 15 is 0 Å². The van der Waals surface area contributed by atoms with Crippen LogP contribution in [0.1, 0.15) is 168 Å². The molecule has 0 amide bonds. The predicted molar refractivity (Wildman–Crippen MR) is 238 cm³/mol. The van der Waals surface area contributed by atoms with E-state index in [1.807, 2.05) is 0 Å². The first kappa shape index (κ1) is 53.7. The van der Waals surface area contributed by atoms with Gasteiger partial charge in [-0.3, -0.25) is 13.8 Å². The molecule has 9 heteroatoms. The van der Waals surface area contributed by atoms with Crippen molar-refractivity contribution in [2.75, 3.05) is 33.0 Å². The minimum Gasteiger partial charge on any atom is -0.457 e. The summed E-state index contributed by atoms with van der Waals surface area (Å²) in [4.78, 5) is 22.5. The summed E-state index contributed by atoms with van der Waals surface area (Å²) >= 11 is 0. The molecule has 0 aromatic heterocycles. The van der Waals surface area contributed by atoms with Gasteiger partial charge in [0.25, 0.3) is 0 Å². The molecule has 0 aromatic rings. The van der Waals surface area contributed by atoms with Crippen molar-refractivity contribution in [3.8, 4) is 0 Å². The lowest BCUT2D eigenvalue weighted by Gasteiger charge is -2.20. The minimum absolute atomic E-state index is 0.0805. The zero-order valence-corrected chi connectivity index (χ0v) is 36.5. The van der Waals surface area contributed by atoms with Gasteiger partial charge in [-0.1, -0.05) is 157 Å². The zero-order chi connectivity index (χ0) is 40.9. The van der Waals surface area contributed by atoms with Crippen molar-refractivity contribution in [3.63, 3.8) is 0 Å². The molecule has 0 aliphatic heterocycles. The molecule has 0 aliphatic rings. The molecule has 0 rings (SSSR count). The van der Waals surface area contributed by atoms with E-state index in [0.29, 0.717) is 13.0 Å². The third-order valence-electron chi connectivity index (χ3n) is 8.80. The zero-order valence-electron chi connectivity index (χ0n) is 35.6. The smallest absolute Gasteiger partial charge is 0.457 e. The van der Waals surface area contributed by atoms with E-state index in [4.69, 9.17) is 24.3 Å². The number of unbranched alkanes of at least 4 members (excludes halogenated alkanes) is 14. The van der Waals surface area contributed by atoms with Gasteiger partial charge in [0.2, 0.25) is 0 Å². The van der Waals surface area contributed by atoms with Crippen LogP contribution in [0, 0.1) is 0 Å². The largest absolute Gasteiger partial charge is 0.472 e. The summed E-state index contributed by atoms with van der Waals surface area (Å²) in [6.45, 7) is 4.65. The van der Waals surface area contributed by atoms with Gasteiger partial charge in [-0.15, -0.1) is 0 Å². The standard InChI is InChI=1S/C47H82NO7P/c1-3-5-7-9-11-13-15-17-19-21-23-24-26-28-30-32-34-36-38-40-47(49)55-46(45-54-56(50,51)53-43-41-48)44-52-42-39-37-35-33-31-29-27-25-22-20-18-16-14-12-10-8-6-4-2/h6,8,11-14,17-20,25,27,31,33,46H,3-5,7,9-10,15-16,21-24,26,28-30,32,34-45,48H2,1-2H3,(H,50,51)/b8-6-,13-11-,14-12-,19-17-,20-18-,27-25-,33-31-. The summed E-state index contributed by atoms with van der Waals surface area (Å²) in [5.41, 5.74) is 5.37. The molecule has 0 bridgehead atoms. The van der Waals surface area contributed by atoms with Gasteiger partial charge in [0, 0.05) is 19.6 Å². The van der Waals surface area contributed by atoms with Gasteiger partial charge in [0.05, 0.1) is 19.8 Å². The number of phosphoric ester groups is 1. The van der Waals surface area contributed by atoms with Gasteiger partial charge >= 0.3 is 13.8 Å². The fraction of sp³-hybridized carbons (Fsp3) is 0.681. The van der Waals surface area contributed by atoms with Crippen molar-refractivity contribution < 1.29 is 32.8 Å². The highest BCUT2D eigenvalue weighted by Gasteiger charge is 2.25. The average molecular weight is 804 g/mol. The Kier molecular flexibility index (Phi) is 42.0. The number of carbonyl (C=O) groups is 1. The van der Waals surface area contributed by atoms with Crippen LogP contribution in [0.3, 0.4) is 0 Å². The van der Waals surface area contributed by atoms with Gasteiger partial charge in [-0.05, 0) is 89.9 Å². The topological polar surface area (TPSA) is 117 Å². The number of ether oxygens (including phenoxy) is 2. The Bertz CT molecular complexity index is 1130. The van der Waals surface area contributed by atoms with Crippen molar-refractivity contribution in [2.45, 2.75) is 174 Å². The van der Waals surface area contributed by atoms with Crippen LogP contribution < -0.4 is 5.73 Å². The number of hydrogen-bond donors (Lipinski definition) is 2. The Morgan fingerprint density at radius 1 is 0.554 bits per heavy atom. The lowest BCUT2D eigenvalue weighted by Crippen LogP contribution is -2.28. The van der Waals surface area contributed by atoms with Crippen molar-refractivity contribution in [3.05, 3.63) is 85.1 Å². The quantitative estimate of drug-likeness (QED) is 0.0272. The first-order chi connectivity index (χ1) is 27.4. The minimum atomic E-state index is -4.30. The molecule has 0 radical (unpaired) electrons. The summed E-state index contributed by atoms with van der Waals surface area (Å²) in [7, 11) is -4.30. The molecule has 0 saturated carbocycles. The Balaban J connectivity index is 4.13. The molecule has 0 saturated heterocycles. The van der Waals surface area contributed by atoms with Crippen molar-refractivity contribution in [1.29, 1.82) is 0 Å². The molecule has 2 unspecified atom stereocenters. The highest BCUT2D eigenvalue weighted by atomic mass is 31.2. The van der Waals surface area contributed by atoms with Crippen LogP contribution in [0.25, 0.3) is 0 Å². The summed E-state index contributed by atoms with van der Waals surface area (Å²) in [6.07, 6.45) is 56.0. The summed E-state index contributed by atoms with van der Waals surface area (Å²) < 4.78 is 33.4. The van der Waals surface area contributed by atoms with E-state index in [2.05, 4.69) is 98.9 Å². The Labute approximate surface area is 343 Å². The summed E-state index contributed by atoms with van der Waals surface area (Å²) in [6, 6.07) is 0. The van der Waals surface area contributed by atoms with Gasteiger partial charge in [0.15, 0.2) is 0 Å². The second-order valence-corrected chi connectivity index (χ2v) is 15.6. The van der Waals surface area contributed by atoms with Gasteiger partial charge in [0.1, 0.15) is 6.10 Å². The average Bonchev–Trinajstić information content (AvgIpc) is 3.19. The van der Waals surface area contributed by atoms with Crippen LogP contribution in [0.15, 0.2) is 85.1 Å². The van der Waals surface area contributed by atoms with E-state index in [1.54, 1.807) is 0 Å². The predicted octanol–water partition coefficient (Wildman–Crippen LogP) is 13.3. The molecule has 56 heavy (non-hydrogen) atoms. The van der Waals surface area contributed by atoms with E-state index in [0.717, 1.165) is 77.0 Å². The van der Waals surface area contributed by atoms with Crippen LogP contribution in [-0.2, 0) is 27.9 Å². The second kappa shape index (κ2) is 43.8. The molecular formula is C47H82NO7P. The molecule has 8 nitrogen and oxygen atoms in total. The third-order valence-corrected chi connectivity index (χ3v) is 9.78. The fourth-order valence-electron chi connectivity index (χ4n) is 5.58. The van der Waals surface area contributed by atoms with E-state index in [1.165, 1.54) is 70.6 Å². The number of carbonyl (C=O) groups excluding carboxylic acids is 1. The number of nitrogens with two attached hydrogens (primary N) is 1. The number of rotatable bonds is 41. The molecule has 0 spiro atoms. The molecule has 0 aliphatic carbocycles. The monoisotopic (exact) mass is 804 g/mol. The Morgan fingerprint density at radius 2 is 1.00 bits per heavy atom. The fourth-order valence-corrected chi connectivity index (χ4v) is 6.35. The van der Waals surface area contributed by atoms with Crippen LogP contribution >= 0.6 is 7.82 Å². The summed E-state index contributed by atoms with van der Waals surface area (Å²) in [5, 5.41) is 0. The van der Waals surface area contributed by atoms with Crippen LogP contribution in [0.5, 0.6) is 0 Å². The maximum absolute atomic E-state index is 12.6. The molecule has 0 fully saturated rings. The van der Waals surface area contributed by atoms with E-state index in [-0.39, 0.29) is 32.3 Å². The van der Waals surface area contributed by atoms with E-state index < -0.39 is 13.9 Å². The van der Waals surface area contributed by atoms with Crippen molar-refractivity contribution in [2.24, 2.45) is 5.73 Å². The normalized spacial score (nSPS) is 14.3. The van der Waals surface area contributed by atoms with Crippen LogP contribution in [-0.4, -0.2) is 49.9 Å². The second-order valence-electron chi connectivity index (χ2n) is 14.2. The lowest BCUT2D eigenvalue weighted by atomic mass is 10.1. The molecule has 0 aromatic carbocycles. The maximum atomic E-state index is 12.6. The van der Waals surface area contributed by atoms with Gasteiger partial charge < -0.3 is 20.1 Å². The Hall–Kier alpha value is -2.32. The number of phosphoric acid groups is 1. The highest BCUT2D eigenvalue weighted by molar-refractivity contribution is 7.47. The van der Waals surface area contributed by atoms with Crippen molar-refractivity contribution >= 4 is 13.8 Å². The molecule has 3 N–H and O–H groups in total. The van der Waals surface area contributed by atoms with Gasteiger partial charge in [-0.2, -0.15) is 0 Å². The maximum Gasteiger partial charge on any atom is 0.472 e.